The zero-order valence-electron chi connectivity index (χ0n) is 12.8. The van der Waals surface area contributed by atoms with Gasteiger partial charge >= 0.3 is 5.97 Å². The summed E-state index contributed by atoms with van der Waals surface area (Å²) in [6.45, 7) is 2.80. The molecule has 7 nitrogen and oxygen atoms in total. The Labute approximate surface area is 132 Å². The zero-order valence-corrected chi connectivity index (χ0v) is 12.8. The summed E-state index contributed by atoms with van der Waals surface area (Å²) >= 11 is 0. The highest BCUT2D eigenvalue weighted by atomic mass is 16.5. The van der Waals surface area contributed by atoms with Crippen LogP contribution in [0.3, 0.4) is 0 Å². The molecule has 0 saturated heterocycles. The Bertz CT molecular complexity index is 853. The Hall–Kier alpha value is -2.70. The predicted octanol–water partition coefficient (Wildman–Crippen LogP) is 1.87. The molecule has 0 unspecified atom stereocenters. The lowest BCUT2D eigenvalue weighted by atomic mass is 10.3. The SMILES string of the molecule is CCOC(=O)[C@@H]1C[C@@H]1c1n[nH]c(Cn2cnc3ccccc32)n1. The lowest BCUT2D eigenvalue weighted by molar-refractivity contribution is -0.144. The van der Waals surface area contributed by atoms with Crippen LogP contribution in [0.25, 0.3) is 11.0 Å². The molecule has 3 aromatic rings. The molecule has 23 heavy (non-hydrogen) atoms. The molecule has 1 saturated carbocycles. The van der Waals surface area contributed by atoms with E-state index in [0.29, 0.717) is 19.0 Å². The fraction of sp³-hybridized carbons (Fsp3) is 0.375. The lowest BCUT2D eigenvalue weighted by Crippen LogP contribution is -2.07. The van der Waals surface area contributed by atoms with Gasteiger partial charge in [0.25, 0.3) is 0 Å². The molecule has 2 heterocycles. The normalized spacial score (nSPS) is 19.9. The van der Waals surface area contributed by atoms with Crippen molar-refractivity contribution < 1.29 is 9.53 Å². The summed E-state index contributed by atoms with van der Waals surface area (Å²) in [6, 6.07) is 7.96. The Balaban J connectivity index is 1.48. The standard InChI is InChI=1S/C16H17N5O2/c1-2-23-16(22)11-7-10(11)15-18-14(19-20-15)8-21-9-17-12-5-3-4-6-13(12)21/h3-6,9-11H,2,7-8H2,1H3,(H,18,19,20)/t10-,11+/m0/s1. The fourth-order valence-electron chi connectivity index (χ4n) is 2.83. The molecule has 0 spiro atoms. The van der Waals surface area contributed by atoms with Crippen LogP contribution < -0.4 is 0 Å². The van der Waals surface area contributed by atoms with Crippen molar-refractivity contribution in [3.05, 3.63) is 42.2 Å². The van der Waals surface area contributed by atoms with Crippen molar-refractivity contribution in [3.63, 3.8) is 0 Å². The van der Waals surface area contributed by atoms with Crippen molar-refractivity contribution in [2.24, 2.45) is 5.92 Å². The van der Waals surface area contributed by atoms with Crippen molar-refractivity contribution in [2.45, 2.75) is 25.8 Å². The molecule has 1 fully saturated rings. The molecule has 0 aliphatic heterocycles. The van der Waals surface area contributed by atoms with E-state index in [2.05, 4.69) is 20.2 Å². The van der Waals surface area contributed by atoms with Gasteiger partial charge in [0.15, 0.2) is 5.82 Å². The smallest absolute Gasteiger partial charge is 0.309 e. The molecule has 1 aromatic carbocycles. The van der Waals surface area contributed by atoms with Crippen molar-refractivity contribution in [2.75, 3.05) is 6.61 Å². The number of ether oxygens (including phenoxy) is 1. The number of hydrogen-bond donors (Lipinski definition) is 1. The average molecular weight is 311 g/mol. The fourth-order valence-corrected chi connectivity index (χ4v) is 2.83. The van der Waals surface area contributed by atoms with Crippen LogP contribution in [0.5, 0.6) is 0 Å². The lowest BCUT2D eigenvalue weighted by Gasteiger charge is -2.00. The first-order valence-corrected chi connectivity index (χ1v) is 7.74. The van der Waals surface area contributed by atoms with Gasteiger partial charge in [-0.25, -0.2) is 9.97 Å². The number of carbonyl (C=O) groups is 1. The molecule has 2 aromatic heterocycles. The molecule has 1 aliphatic rings. The van der Waals surface area contributed by atoms with Gasteiger partial charge in [-0.2, -0.15) is 5.10 Å². The quantitative estimate of drug-likeness (QED) is 0.727. The second-order valence-corrected chi connectivity index (χ2v) is 5.70. The summed E-state index contributed by atoms with van der Waals surface area (Å²) in [5.41, 5.74) is 2.01. The van der Waals surface area contributed by atoms with Crippen LogP contribution in [0, 0.1) is 5.92 Å². The zero-order chi connectivity index (χ0) is 15.8. The summed E-state index contributed by atoms with van der Waals surface area (Å²) < 4.78 is 7.06. The maximum Gasteiger partial charge on any atom is 0.309 e. The van der Waals surface area contributed by atoms with E-state index in [1.807, 2.05) is 35.8 Å². The van der Waals surface area contributed by atoms with E-state index >= 15 is 0 Å². The van der Waals surface area contributed by atoms with Gasteiger partial charge < -0.3 is 9.30 Å². The molecule has 0 bridgehead atoms. The van der Waals surface area contributed by atoms with Gasteiger partial charge in [-0.3, -0.25) is 9.89 Å². The van der Waals surface area contributed by atoms with Crippen LogP contribution in [0.15, 0.2) is 30.6 Å². The summed E-state index contributed by atoms with van der Waals surface area (Å²) in [7, 11) is 0. The highest BCUT2D eigenvalue weighted by Crippen LogP contribution is 2.46. The molecule has 118 valence electrons. The number of imidazole rings is 1. The number of nitrogens with zero attached hydrogens (tertiary/aromatic N) is 4. The second kappa shape index (κ2) is 5.49. The van der Waals surface area contributed by atoms with Crippen LogP contribution in [-0.2, 0) is 16.1 Å². The molecule has 4 rings (SSSR count). The van der Waals surface area contributed by atoms with Crippen molar-refractivity contribution in [3.8, 4) is 0 Å². The minimum Gasteiger partial charge on any atom is -0.466 e. The maximum absolute atomic E-state index is 11.7. The van der Waals surface area contributed by atoms with E-state index in [9.17, 15) is 4.79 Å². The van der Waals surface area contributed by atoms with Crippen molar-refractivity contribution >= 4 is 17.0 Å². The number of rotatable bonds is 5. The molecule has 1 aliphatic carbocycles. The number of carbonyl (C=O) groups excluding carboxylic acids is 1. The minimum absolute atomic E-state index is 0.0820. The van der Waals surface area contributed by atoms with Crippen LogP contribution in [0.2, 0.25) is 0 Å². The van der Waals surface area contributed by atoms with Gasteiger partial charge in [0.1, 0.15) is 5.82 Å². The van der Waals surface area contributed by atoms with E-state index in [0.717, 1.165) is 23.3 Å². The number of aromatic amines is 1. The highest BCUT2D eigenvalue weighted by molar-refractivity contribution is 5.77. The van der Waals surface area contributed by atoms with Gasteiger partial charge in [0, 0.05) is 5.92 Å². The van der Waals surface area contributed by atoms with Crippen LogP contribution in [-0.4, -0.2) is 37.3 Å². The monoisotopic (exact) mass is 311 g/mol. The number of hydrogen-bond acceptors (Lipinski definition) is 5. The highest BCUT2D eigenvalue weighted by Gasteiger charge is 2.47. The first-order chi connectivity index (χ1) is 11.3. The third kappa shape index (κ3) is 2.58. The molecule has 0 amide bonds. The molecule has 7 heteroatoms. The molecular formula is C16H17N5O2. The third-order valence-electron chi connectivity index (χ3n) is 4.11. The largest absolute Gasteiger partial charge is 0.466 e. The molecule has 1 N–H and O–H groups in total. The van der Waals surface area contributed by atoms with E-state index < -0.39 is 0 Å². The summed E-state index contributed by atoms with van der Waals surface area (Å²) in [4.78, 5) is 20.6. The number of aromatic nitrogens is 5. The maximum atomic E-state index is 11.7. The Morgan fingerprint density at radius 3 is 3.17 bits per heavy atom. The summed E-state index contributed by atoms with van der Waals surface area (Å²) in [5.74, 6) is 1.30. The molecular weight excluding hydrogens is 294 g/mol. The second-order valence-electron chi connectivity index (χ2n) is 5.70. The van der Waals surface area contributed by atoms with Crippen molar-refractivity contribution in [1.82, 2.24) is 24.7 Å². The first kappa shape index (κ1) is 13.9. The minimum atomic E-state index is -0.149. The Morgan fingerprint density at radius 1 is 1.43 bits per heavy atom. The van der Waals surface area contributed by atoms with Gasteiger partial charge in [-0.15, -0.1) is 0 Å². The summed E-state index contributed by atoms with van der Waals surface area (Å²) in [6.07, 6.45) is 2.57. The predicted molar refractivity (Wildman–Crippen MR) is 82.7 cm³/mol. The van der Waals surface area contributed by atoms with E-state index in [1.165, 1.54) is 0 Å². The first-order valence-electron chi connectivity index (χ1n) is 7.74. The Kier molecular flexibility index (Phi) is 3.33. The summed E-state index contributed by atoms with van der Waals surface area (Å²) in [5, 5.41) is 7.21. The van der Waals surface area contributed by atoms with Gasteiger partial charge in [-0.1, -0.05) is 12.1 Å². The number of nitrogens with one attached hydrogen (secondary N) is 1. The number of benzene rings is 1. The van der Waals surface area contributed by atoms with E-state index in [1.54, 1.807) is 6.33 Å². The van der Waals surface area contributed by atoms with Crippen LogP contribution >= 0.6 is 0 Å². The van der Waals surface area contributed by atoms with Gasteiger partial charge in [0.05, 0.1) is 36.4 Å². The molecule has 0 radical (unpaired) electrons. The van der Waals surface area contributed by atoms with E-state index in [4.69, 9.17) is 4.74 Å². The topological polar surface area (TPSA) is 85.7 Å². The third-order valence-corrected chi connectivity index (χ3v) is 4.11. The molecule has 2 atom stereocenters. The number of H-pyrrole nitrogens is 1. The number of fused-ring (bicyclic) bond motifs is 1. The van der Waals surface area contributed by atoms with Crippen LogP contribution in [0.4, 0.5) is 0 Å². The van der Waals surface area contributed by atoms with Gasteiger partial charge in [0.2, 0.25) is 0 Å². The number of esters is 1. The Morgan fingerprint density at radius 2 is 2.30 bits per heavy atom. The van der Waals surface area contributed by atoms with Crippen LogP contribution in [0.1, 0.15) is 30.9 Å². The van der Waals surface area contributed by atoms with E-state index in [-0.39, 0.29) is 17.8 Å². The van der Waals surface area contributed by atoms with Gasteiger partial charge in [-0.05, 0) is 25.5 Å². The van der Waals surface area contributed by atoms with Crippen molar-refractivity contribution in [1.29, 1.82) is 0 Å². The number of para-hydroxylation sites is 2. The average Bonchev–Trinajstić information content (AvgIpc) is 3.06.